The smallest absolute Gasteiger partial charge is 0.269 e. The summed E-state index contributed by atoms with van der Waals surface area (Å²) >= 11 is 0. The first-order valence-corrected chi connectivity index (χ1v) is 9.67. The number of benzene rings is 1. The number of aliphatic hydroxyl groups excluding tert-OH is 7. The van der Waals surface area contributed by atoms with E-state index >= 15 is 0 Å². The predicted octanol–water partition coefficient (Wildman–Crippen LogP) is -3.40. The number of non-ortho nitro benzene ring substituents is 1. The van der Waals surface area contributed by atoms with Crippen molar-refractivity contribution in [1.29, 1.82) is 0 Å². The molecule has 0 bridgehead atoms. The molecule has 4 unspecified atom stereocenters. The van der Waals surface area contributed by atoms with Crippen LogP contribution in [0.25, 0.3) is 0 Å². The SMILES string of the molecule is O=[N+]([O-])c1ccc(O[C@@H]2OC(CO)[C@H](O[C@H]3OC(CO)[C@@H](O)C(O)[C@@H]3O)[C@H](O)C2O)cc1. The van der Waals surface area contributed by atoms with Crippen molar-refractivity contribution in [2.45, 2.75) is 61.4 Å². The van der Waals surface area contributed by atoms with Gasteiger partial charge in [0.15, 0.2) is 6.29 Å². The van der Waals surface area contributed by atoms with Crippen molar-refractivity contribution in [3.05, 3.63) is 34.4 Å². The lowest BCUT2D eigenvalue weighted by atomic mass is 9.97. The summed E-state index contributed by atoms with van der Waals surface area (Å²) in [5.74, 6) is 0.0804. The molecule has 7 N–H and O–H groups in total. The number of ether oxygens (including phenoxy) is 4. The van der Waals surface area contributed by atoms with Crippen molar-refractivity contribution >= 4 is 5.69 Å². The summed E-state index contributed by atoms with van der Waals surface area (Å²) in [7, 11) is 0. The molecule has 2 aliphatic heterocycles. The molecule has 2 aliphatic rings. The van der Waals surface area contributed by atoms with Crippen LogP contribution in [0.2, 0.25) is 0 Å². The highest BCUT2D eigenvalue weighted by atomic mass is 16.7. The highest BCUT2D eigenvalue weighted by Gasteiger charge is 2.51. The van der Waals surface area contributed by atoms with Gasteiger partial charge in [-0.15, -0.1) is 0 Å². The van der Waals surface area contributed by atoms with E-state index in [0.717, 1.165) is 12.1 Å². The molecule has 32 heavy (non-hydrogen) atoms. The molecule has 0 spiro atoms. The first kappa shape index (κ1) is 24.7. The minimum absolute atomic E-state index is 0.0804. The third-order valence-corrected chi connectivity index (χ3v) is 5.26. The third-order valence-electron chi connectivity index (χ3n) is 5.26. The maximum atomic E-state index is 10.7. The second kappa shape index (κ2) is 10.3. The van der Waals surface area contributed by atoms with E-state index in [2.05, 4.69) is 0 Å². The number of nitro groups is 1. The Labute approximate surface area is 180 Å². The Morgan fingerprint density at radius 3 is 1.94 bits per heavy atom. The summed E-state index contributed by atoms with van der Waals surface area (Å²) in [6.45, 7) is -1.42. The Morgan fingerprint density at radius 2 is 1.38 bits per heavy atom. The Balaban J connectivity index is 1.70. The molecule has 2 saturated heterocycles. The maximum Gasteiger partial charge on any atom is 0.269 e. The molecule has 3 rings (SSSR count). The van der Waals surface area contributed by atoms with E-state index < -0.39 is 79.5 Å². The first-order valence-electron chi connectivity index (χ1n) is 9.67. The van der Waals surface area contributed by atoms with Gasteiger partial charge in [0.1, 0.15) is 54.6 Å². The largest absolute Gasteiger partial charge is 0.462 e. The molecule has 0 radical (unpaired) electrons. The molecule has 0 amide bonds. The molecule has 2 fully saturated rings. The molecule has 0 saturated carbocycles. The standard InChI is InChI=1S/C18H25NO13/c20-5-9-11(22)12(23)14(25)18(30-9)32-16-10(6-21)31-17(15(26)13(16)24)29-8-3-1-7(2-4-8)19(27)28/h1-4,9-18,20-26H,5-6H2/t9?,10?,11-,12?,13-,14+,15?,16+,17-,18-/m1/s1. The van der Waals surface area contributed by atoms with Crippen LogP contribution in [0, 0.1) is 10.1 Å². The molecule has 1 aromatic carbocycles. The molecule has 180 valence electrons. The second-order valence-electron chi connectivity index (χ2n) is 7.37. The van der Waals surface area contributed by atoms with Gasteiger partial charge in [-0.3, -0.25) is 10.1 Å². The van der Waals surface area contributed by atoms with Gasteiger partial charge in [-0.2, -0.15) is 0 Å². The molecule has 2 heterocycles. The van der Waals surface area contributed by atoms with Crippen LogP contribution >= 0.6 is 0 Å². The zero-order valence-corrected chi connectivity index (χ0v) is 16.5. The molecule has 14 heteroatoms. The lowest BCUT2D eigenvalue weighted by molar-refractivity contribution is -0.384. The highest BCUT2D eigenvalue weighted by Crippen LogP contribution is 2.30. The van der Waals surface area contributed by atoms with Gasteiger partial charge in [0, 0.05) is 12.1 Å². The second-order valence-corrected chi connectivity index (χ2v) is 7.37. The van der Waals surface area contributed by atoms with E-state index in [1.165, 1.54) is 12.1 Å². The van der Waals surface area contributed by atoms with Crippen LogP contribution in [0.3, 0.4) is 0 Å². The molecule has 0 aromatic heterocycles. The summed E-state index contributed by atoms with van der Waals surface area (Å²) < 4.78 is 21.5. The van der Waals surface area contributed by atoms with Gasteiger partial charge in [0.25, 0.3) is 5.69 Å². The summed E-state index contributed by atoms with van der Waals surface area (Å²) in [5, 5.41) is 80.4. The third kappa shape index (κ3) is 4.99. The van der Waals surface area contributed by atoms with Gasteiger partial charge < -0.3 is 54.7 Å². The Hall–Kier alpha value is -1.98. The fourth-order valence-corrected chi connectivity index (χ4v) is 3.43. The number of nitro benzene ring substituents is 1. The highest BCUT2D eigenvalue weighted by molar-refractivity contribution is 5.36. The summed E-state index contributed by atoms with van der Waals surface area (Å²) in [4.78, 5) is 10.1. The molecular formula is C18H25NO13. The minimum atomic E-state index is -1.77. The van der Waals surface area contributed by atoms with Crippen LogP contribution in [0.5, 0.6) is 5.75 Å². The van der Waals surface area contributed by atoms with Gasteiger partial charge in [-0.05, 0) is 12.1 Å². The van der Waals surface area contributed by atoms with E-state index in [0.29, 0.717) is 0 Å². The van der Waals surface area contributed by atoms with Crippen LogP contribution in [0.1, 0.15) is 0 Å². The Kier molecular flexibility index (Phi) is 7.94. The minimum Gasteiger partial charge on any atom is -0.462 e. The fraction of sp³-hybridized carbons (Fsp3) is 0.667. The van der Waals surface area contributed by atoms with Gasteiger partial charge >= 0.3 is 0 Å². The van der Waals surface area contributed by atoms with Crippen molar-refractivity contribution in [2.24, 2.45) is 0 Å². The van der Waals surface area contributed by atoms with Crippen LogP contribution in [-0.2, 0) is 14.2 Å². The first-order chi connectivity index (χ1) is 15.2. The topological polar surface area (TPSA) is 222 Å². The molecule has 14 nitrogen and oxygen atoms in total. The summed E-state index contributed by atoms with van der Waals surface area (Å²) in [6, 6.07) is 4.83. The van der Waals surface area contributed by atoms with Crippen LogP contribution in [0.4, 0.5) is 5.69 Å². The predicted molar refractivity (Wildman–Crippen MR) is 100 cm³/mol. The monoisotopic (exact) mass is 463 g/mol. The average molecular weight is 463 g/mol. The van der Waals surface area contributed by atoms with Gasteiger partial charge in [-0.1, -0.05) is 0 Å². The zero-order chi connectivity index (χ0) is 23.6. The van der Waals surface area contributed by atoms with E-state index in [4.69, 9.17) is 18.9 Å². The van der Waals surface area contributed by atoms with E-state index in [1.54, 1.807) is 0 Å². The maximum absolute atomic E-state index is 10.7. The fourth-order valence-electron chi connectivity index (χ4n) is 3.43. The van der Waals surface area contributed by atoms with Crippen molar-refractivity contribution in [3.8, 4) is 5.75 Å². The summed E-state index contributed by atoms with van der Waals surface area (Å²) in [5.41, 5.74) is -0.191. The quantitative estimate of drug-likeness (QED) is 0.155. The Bertz CT molecular complexity index is 760. The van der Waals surface area contributed by atoms with Crippen molar-refractivity contribution in [3.63, 3.8) is 0 Å². The van der Waals surface area contributed by atoms with Crippen LogP contribution < -0.4 is 4.74 Å². The van der Waals surface area contributed by atoms with Gasteiger partial charge in [-0.25, -0.2) is 0 Å². The van der Waals surface area contributed by atoms with E-state index in [9.17, 15) is 45.9 Å². The van der Waals surface area contributed by atoms with Crippen molar-refractivity contribution in [2.75, 3.05) is 13.2 Å². The number of hydrogen-bond donors (Lipinski definition) is 7. The van der Waals surface area contributed by atoms with Crippen molar-refractivity contribution in [1.82, 2.24) is 0 Å². The molecule has 1 aromatic rings. The van der Waals surface area contributed by atoms with Crippen LogP contribution in [0.15, 0.2) is 24.3 Å². The Morgan fingerprint density at radius 1 is 0.812 bits per heavy atom. The lowest BCUT2D eigenvalue weighted by Gasteiger charge is -2.45. The van der Waals surface area contributed by atoms with E-state index in [1.807, 2.05) is 0 Å². The van der Waals surface area contributed by atoms with Crippen molar-refractivity contribution < 1.29 is 59.6 Å². The molecule has 10 atom stereocenters. The molecule has 0 aliphatic carbocycles. The number of nitrogens with zero attached hydrogens (tertiary/aromatic N) is 1. The zero-order valence-electron chi connectivity index (χ0n) is 16.5. The molecular weight excluding hydrogens is 438 g/mol. The number of rotatable bonds is 7. The van der Waals surface area contributed by atoms with Gasteiger partial charge in [0.2, 0.25) is 6.29 Å². The summed E-state index contributed by atoms with van der Waals surface area (Å²) in [6.07, 6.45) is -15.7. The normalized spacial score (nSPS) is 40.1. The average Bonchev–Trinajstić information content (AvgIpc) is 2.79. The lowest BCUT2D eigenvalue weighted by Crippen LogP contribution is -2.65. The number of aliphatic hydroxyl groups is 7. The number of hydrogen-bond acceptors (Lipinski definition) is 13. The van der Waals surface area contributed by atoms with Crippen LogP contribution in [-0.4, -0.2) is 115 Å². The van der Waals surface area contributed by atoms with Gasteiger partial charge in [0.05, 0.1) is 18.1 Å². The van der Waals surface area contributed by atoms with E-state index in [-0.39, 0.29) is 11.4 Å².